The predicted molar refractivity (Wildman–Crippen MR) is 116 cm³/mol. The molecule has 4 rings (SSSR count). The number of hydrogen-bond acceptors (Lipinski definition) is 4. The van der Waals surface area contributed by atoms with Crippen molar-refractivity contribution < 1.29 is 4.79 Å². The van der Waals surface area contributed by atoms with E-state index in [1.165, 1.54) is 5.56 Å². The van der Waals surface area contributed by atoms with Crippen LogP contribution in [0.1, 0.15) is 24.8 Å². The number of anilines is 1. The van der Waals surface area contributed by atoms with Gasteiger partial charge in [-0.2, -0.15) is 0 Å². The van der Waals surface area contributed by atoms with Gasteiger partial charge in [-0.1, -0.05) is 39.7 Å². The molecule has 0 unspecified atom stereocenters. The number of carbonyl (C=O) groups excluding carboxylic acids is 1. The van der Waals surface area contributed by atoms with Crippen LogP contribution < -0.4 is 5.32 Å². The molecule has 3 aromatic rings. The lowest BCUT2D eigenvalue weighted by Gasteiger charge is -2.16. The standard InChI is InChI=1S/C22H23BrN4O/c1-15-5-10-19-18(14-15)22(24-11-3-13-27-12-2-4-20(27)28)26-21(25-19)16-6-8-17(23)9-7-16/h5-10,14H,2-4,11-13H2,1H3,(H,24,25,26). The van der Waals surface area contributed by atoms with E-state index < -0.39 is 0 Å². The number of likely N-dealkylation sites (tertiary alicyclic amines) is 1. The molecule has 144 valence electrons. The summed E-state index contributed by atoms with van der Waals surface area (Å²) in [5.41, 5.74) is 3.09. The number of aryl methyl sites for hydroxylation is 1. The van der Waals surface area contributed by atoms with E-state index in [2.05, 4.69) is 40.3 Å². The van der Waals surface area contributed by atoms with Gasteiger partial charge in [0.25, 0.3) is 0 Å². The van der Waals surface area contributed by atoms with Crippen LogP contribution in [0.3, 0.4) is 0 Å². The van der Waals surface area contributed by atoms with Crippen LogP contribution in [0.25, 0.3) is 22.3 Å². The Morgan fingerprint density at radius 1 is 1.14 bits per heavy atom. The van der Waals surface area contributed by atoms with Crippen molar-refractivity contribution >= 4 is 38.6 Å². The number of aromatic nitrogens is 2. The summed E-state index contributed by atoms with van der Waals surface area (Å²) in [4.78, 5) is 23.3. The number of hydrogen-bond donors (Lipinski definition) is 1. The molecule has 28 heavy (non-hydrogen) atoms. The molecule has 1 aliphatic heterocycles. The summed E-state index contributed by atoms with van der Waals surface area (Å²) in [6, 6.07) is 14.3. The molecule has 0 atom stereocenters. The van der Waals surface area contributed by atoms with Crippen molar-refractivity contribution in [3.63, 3.8) is 0 Å². The van der Waals surface area contributed by atoms with Crippen LogP contribution in [0.15, 0.2) is 46.9 Å². The lowest BCUT2D eigenvalue weighted by atomic mass is 10.1. The fraction of sp³-hybridized carbons (Fsp3) is 0.318. The van der Waals surface area contributed by atoms with Crippen molar-refractivity contribution in [2.24, 2.45) is 0 Å². The maximum atomic E-state index is 11.8. The highest BCUT2D eigenvalue weighted by molar-refractivity contribution is 9.10. The molecule has 5 nitrogen and oxygen atoms in total. The Morgan fingerprint density at radius 3 is 2.71 bits per heavy atom. The zero-order valence-corrected chi connectivity index (χ0v) is 17.5. The predicted octanol–water partition coefficient (Wildman–Crippen LogP) is 4.79. The maximum Gasteiger partial charge on any atom is 0.222 e. The molecular weight excluding hydrogens is 416 g/mol. The topological polar surface area (TPSA) is 58.1 Å². The summed E-state index contributed by atoms with van der Waals surface area (Å²) in [7, 11) is 0. The third-order valence-corrected chi connectivity index (χ3v) is 5.55. The molecule has 0 spiro atoms. The molecule has 1 N–H and O–H groups in total. The van der Waals surface area contributed by atoms with Crippen molar-refractivity contribution in [1.82, 2.24) is 14.9 Å². The van der Waals surface area contributed by atoms with Crippen molar-refractivity contribution in [2.75, 3.05) is 25.0 Å². The summed E-state index contributed by atoms with van der Waals surface area (Å²) < 4.78 is 1.03. The third kappa shape index (κ3) is 4.17. The van der Waals surface area contributed by atoms with Crippen molar-refractivity contribution in [3.8, 4) is 11.4 Å². The van der Waals surface area contributed by atoms with Gasteiger partial charge < -0.3 is 10.2 Å². The van der Waals surface area contributed by atoms with Crippen molar-refractivity contribution in [3.05, 3.63) is 52.5 Å². The lowest BCUT2D eigenvalue weighted by molar-refractivity contribution is -0.127. The van der Waals surface area contributed by atoms with Gasteiger partial charge in [0.1, 0.15) is 5.82 Å². The van der Waals surface area contributed by atoms with Crippen LogP contribution in [0.2, 0.25) is 0 Å². The Bertz CT molecular complexity index is 1000. The second kappa shape index (κ2) is 8.27. The van der Waals surface area contributed by atoms with E-state index in [9.17, 15) is 4.79 Å². The van der Waals surface area contributed by atoms with E-state index in [1.807, 2.05) is 35.2 Å². The molecule has 0 radical (unpaired) electrons. The van der Waals surface area contributed by atoms with Gasteiger partial charge >= 0.3 is 0 Å². The van der Waals surface area contributed by atoms with E-state index in [0.717, 1.165) is 59.2 Å². The number of fused-ring (bicyclic) bond motifs is 1. The molecule has 1 amide bonds. The van der Waals surface area contributed by atoms with Crippen molar-refractivity contribution in [2.45, 2.75) is 26.2 Å². The molecule has 0 saturated carbocycles. The SMILES string of the molecule is Cc1ccc2nc(-c3ccc(Br)cc3)nc(NCCCN3CCCC3=O)c2c1. The van der Waals surface area contributed by atoms with Crippen molar-refractivity contribution in [1.29, 1.82) is 0 Å². The van der Waals surface area contributed by atoms with Crippen LogP contribution in [-0.2, 0) is 4.79 Å². The first-order valence-electron chi connectivity index (χ1n) is 9.66. The summed E-state index contributed by atoms with van der Waals surface area (Å²) in [5.74, 6) is 1.83. The highest BCUT2D eigenvalue weighted by Gasteiger charge is 2.19. The average Bonchev–Trinajstić information content (AvgIpc) is 3.10. The first-order valence-corrected chi connectivity index (χ1v) is 10.5. The number of carbonyl (C=O) groups is 1. The molecule has 0 aliphatic carbocycles. The summed E-state index contributed by atoms with van der Waals surface area (Å²) >= 11 is 3.47. The molecule has 1 aromatic heterocycles. The highest BCUT2D eigenvalue weighted by Crippen LogP contribution is 2.26. The second-order valence-corrected chi connectivity index (χ2v) is 8.10. The molecule has 1 fully saturated rings. The molecule has 2 aromatic carbocycles. The fourth-order valence-corrected chi connectivity index (χ4v) is 3.79. The van der Waals surface area contributed by atoms with Crippen LogP contribution in [0.5, 0.6) is 0 Å². The Hall–Kier alpha value is -2.47. The zero-order chi connectivity index (χ0) is 19.5. The average molecular weight is 439 g/mol. The Morgan fingerprint density at radius 2 is 1.96 bits per heavy atom. The van der Waals surface area contributed by atoms with Gasteiger partial charge in [-0.05, 0) is 44.0 Å². The number of rotatable bonds is 6. The zero-order valence-electron chi connectivity index (χ0n) is 15.9. The van der Waals surface area contributed by atoms with E-state index >= 15 is 0 Å². The monoisotopic (exact) mass is 438 g/mol. The smallest absolute Gasteiger partial charge is 0.222 e. The number of halogens is 1. The van der Waals surface area contributed by atoms with Gasteiger partial charge in [0.05, 0.1) is 5.52 Å². The van der Waals surface area contributed by atoms with E-state index in [-0.39, 0.29) is 5.91 Å². The second-order valence-electron chi connectivity index (χ2n) is 7.19. The molecular formula is C22H23BrN4O. The van der Waals surface area contributed by atoms with Gasteiger partial charge in [0, 0.05) is 41.5 Å². The fourth-order valence-electron chi connectivity index (χ4n) is 3.52. The van der Waals surface area contributed by atoms with Crippen LogP contribution in [0.4, 0.5) is 5.82 Å². The summed E-state index contributed by atoms with van der Waals surface area (Å²) in [6.45, 7) is 4.53. The van der Waals surface area contributed by atoms with Gasteiger partial charge in [0.15, 0.2) is 5.82 Å². The number of benzene rings is 2. The quantitative estimate of drug-likeness (QED) is 0.561. The molecule has 6 heteroatoms. The van der Waals surface area contributed by atoms with Crippen LogP contribution in [-0.4, -0.2) is 40.4 Å². The third-order valence-electron chi connectivity index (χ3n) is 5.02. The van der Waals surface area contributed by atoms with Gasteiger partial charge in [-0.25, -0.2) is 9.97 Å². The number of nitrogens with one attached hydrogen (secondary N) is 1. The molecule has 1 aliphatic rings. The molecule has 0 bridgehead atoms. The first-order chi connectivity index (χ1) is 13.6. The first kappa shape index (κ1) is 18.9. The minimum Gasteiger partial charge on any atom is -0.369 e. The normalized spacial score (nSPS) is 14.1. The summed E-state index contributed by atoms with van der Waals surface area (Å²) in [5, 5.41) is 4.50. The van der Waals surface area contributed by atoms with Crippen LogP contribution >= 0.6 is 15.9 Å². The van der Waals surface area contributed by atoms with Gasteiger partial charge in [-0.3, -0.25) is 4.79 Å². The minimum atomic E-state index is 0.278. The van der Waals surface area contributed by atoms with Gasteiger partial charge in [0.2, 0.25) is 5.91 Å². The highest BCUT2D eigenvalue weighted by atomic mass is 79.9. The molecule has 2 heterocycles. The minimum absolute atomic E-state index is 0.278. The number of amides is 1. The largest absolute Gasteiger partial charge is 0.369 e. The lowest BCUT2D eigenvalue weighted by Crippen LogP contribution is -2.27. The Labute approximate surface area is 173 Å². The molecule has 1 saturated heterocycles. The Balaban J connectivity index is 1.56. The van der Waals surface area contributed by atoms with Crippen LogP contribution in [0, 0.1) is 6.92 Å². The maximum absolute atomic E-state index is 11.8. The van der Waals surface area contributed by atoms with E-state index in [4.69, 9.17) is 9.97 Å². The number of nitrogens with zero attached hydrogens (tertiary/aromatic N) is 3. The Kier molecular flexibility index (Phi) is 5.57. The van der Waals surface area contributed by atoms with E-state index in [1.54, 1.807) is 0 Å². The summed E-state index contributed by atoms with van der Waals surface area (Å²) in [6.07, 6.45) is 2.58. The van der Waals surface area contributed by atoms with Gasteiger partial charge in [-0.15, -0.1) is 0 Å². The van der Waals surface area contributed by atoms with E-state index in [0.29, 0.717) is 12.2 Å².